The smallest absolute Gasteiger partial charge is 0.280 e. The molecule has 0 saturated carbocycles. The maximum absolute atomic E-state index is 13.0. The van der Waals surface area contributed by atoms with Crippen LogP contribution in [-0.2, 0) is 0 Å². The lowest BCUT2D eigenvalue weighted by molar-refractivity contribution is 0.905. The standard InChI is InChI=1S/C21H10Cl2N4O/c1-2-12-3-5-13(6-4-12)17-11-25-20-16(10-24)19(26-27(20)21(17)28)15-8-7-14(22)9-18(15)23/h1,3-9,11,26H. The molecule has 5 nitrogen and oxygen atoms in total. The second-order valence-corrected chi connectivity index (χ2v) is 6.80. The minimum Gasteiger partial charge on any atom is -0.287 e. The van der Waals surface area contributed by atoms with E-state index in [-0.39, 0.29) is 16.8 Å². The topological polar surface area (TPSA) is 73.9 Å². The summed E-state index contributed by atoms with van der Waals surface area (Å²) in [6.07, 6.45) is 6.82. The monoisotopic (exact) mass is 404 g/mol. The van der Waals surface area contributed by atoms with Gasteiger partial charge in [-0.1, -0.05) is 41.3 Å². The van der Waals surface area contributed by atoms with E-state index >= 15 is 0 Å². The van der Waals surface area contributed by atoms with Gasteiger partial charge < -0.3 is 0 Å². The quantitative estimate of drug-likeness (QED) is 0.499. The number of nitriles is 1. The van der Waals surface area contributed by atoms with Crippen molar-refractivity contribution < 1.29 is 0 Å². The van der Waals surface area contributed by atoms with Gasteiger partial charge in [-0.2, -0.15) is 9.78 Å². The SMILES string of the molecule is C#Cc1ccc(-c2cnc3c(C#N)c(-c4ccc(Cl)cc4Cl)[nH]n3c2=O)cc1. The Balaban J connectivity index is 1.96. The van der Waals surface area contributed by atoms with Gasteiger partial charge in [0.1, 0.15) is 11.6 Å². The first kappa shape index (κ1) is 17.9. The van der Waals surface area contributed by atoms with Gasteiger partial charge in [-0.3, -0.25) is 9.89 Å². The van der Waals surface area contributed by atoms with Gasteiger partial charge in [0.15, 0.2) is 5.65 Å². The zero-order chi connectivity index (χ0) is 19.8. The van der Waals surface area contributed by atoms with Crippen LogP contribution in [0.2, 0.25) is 10.0 Å². The van der Waals surface area contributed by atoms with Crippen LogP contribution in [0, 0.1) is 23.7 Å². The summed E-state index contributed by atoms with van der Waals surface area (Å²) in [4.78, 5) is 17.3. The molecule has 0 aliphatic heterocycles. The third-order valence-electron chi connectivity index (χ3n) is 4.33. The van der Waals surface area contributed by atoms with Crippen LogP contribution in [0.4, 0.5) is 0 Å². The van der Waals surface area contributed by atoms with Crippen LogP contribution in [0.25, 0.3) is 28.0 Å². The number of halogens is 2. The van der Waals surface area contributed by atoms with Gasteiger partial charge in [0.25, 0.3) is 5.56 Å². The van der Waals surface area contributed by atoms with Crippen LogP contribution in [0.15, 0.2) is 53.5 Å². The van der Waals surface area contributed by atoms with Crippen LogP contribution >= 0.6 is 23.2 Å². The first-order valence-corrected chi connectivity index (χ1v) is 8.85. The van der Waals surface area contributed by atoms with E-state index in [1.165, 1.54) is 10.7 Å². The maximum atomic E-state index is 13.0. The minimum absolute atomic E-state index is 0.218. The highest BCUT2D eigenvalue weighted by Crippen LogP contribution is 2.32. The van der Waals surface area contributed by atoms with E-state index in [2.05, 4.69) is 22.1 Å². The predicted molar refractivity (Wildman–Crippen MR) is 109 cm³/mol. The molecular formula is C21H10Cl2N4O. The Kier molecular flexibility index (Phi) is 4.41. The van der Waals surface area contributed by atoms with Crippen LogP contribution in [0.3, 0.4) is 0 Å². The molecule has 0 aliphatic carbocycles. The third kappa shape index (κ3) is 2.84. The van der Waals surface area contributed by atoms with Crippen LogP contribution in [0.1, 0.15) is 11.1 Å². The molecule has 0 amide bonds. The minimum atomic E-state index is -0.341. The summed E-state index contributed by atoms with van der Waals surface area (Å²) in [5.74, 6) is 2.53. The number of nitrogens with zero attached hydrogens (tertiary/aromatic N) is 3. The zero-order valence-corrected chi connectivity index (χ0v) is 15.7. The van der Waals surface area contributed by atoms with E-state index in [4.69, 9.17) is 29.6 Å². The summed E-state index contributed by atoms with van der Waals surface area (Å²) >= 11 is 12.2. The fraction of sp³-hybridized carbons (Fsp3) is 0. The molecule has 0 aliphatic rings. The molecule has 28 heavy (non-hydrogen) atoms. The number of rotatable bonds is 2. The van der Waals surface area contributed by atoms with Crippen molar-refractivity contribution in [3.63, 3.8) is 0 Å². The van der Waals surface area contributed by atoms with Crippen molar-refractivity contribution in [2.24, 2.45) is 0 Å². The number of fused-ring (bicyclic) bond motifs is 1. The molecule has 2 heterocycles. The molecule has 0 saturated heterocycles. The van der Waals surface area contributed by atoms with Crippen molar-refractivity contribution in [2.45, 2.75) is 0 Å². The summed E-state index contributed by atoms with van der Waals surface area (Å²) in [5, 5.41) is 13.4. The van der Waals surface area contributed by atoms with E-state index in [1.807, 2.05) is 0 Å². The predicted octanol–water partition coefficient (Wildman–Crippen LogP) is 4.52. The molecule has 0 radical (unpaired) electrons. The maximum Gasteiger partial charge on any atom is 0.280 e. The Hall–Kier alpha value is -3.51. The highest BCUT2D eigenvalue weighted by Gasteiger charge is 2.19. The van der Waals surface area contributed by atoms with E-state index < -0.39 is 0 Å². The molecule has 0 atom stereocenters. The molecule has 2 aromatic carbocycles. The lowest BCUT2D eigenvalue weighted by Crippen LogP contribution is -2.17. The zero-order valence-electron chi connectivity index (χ0n) is 14.2. The number of benzene rings is 2. The molecule has 2 aromatic heterocycles. The molecule has 0 fully saturated rings. The molecule has 4 rings (SSSR count). The van der Waals surface area contributed by atoms with Gasteiger partial charge in [-0.25, -0.2) is 4.98 Å². The highest BCUT2D eigenvalue weighted by molar-refractivity contribution is 6.36. The van der Waals surface area contributed by atoms with Gasteiger partial charge >= 0.3 is 0 Å². The van der Waals surface area contributed by atoms with Gasteiger partial charge in [-0.15, -0.1) is 6.42 Å². The molecule has 4 aromatic rings. The Bertz CT molecular complexity index is 1370. The highest BCUT2D eigenvalue weighted by atomic mass is 35.5. The average molecular weight is 405 g/mol. The van der Waals surface area contributed by atoms with Crippen LogP contribution in [0.5, 0.6) is 0 Å². The van der Waals surface area contributed by atoms with E-state index in [9.17, 15) is 10.1 Å². The number of aromatic nitrogens is 3. The first-order chi connectivity index (χ1) is 13.5. The van der Waals surface area contributed by atoms with Gasteiger partial charge in [-0.05, 0) is 35.9 Å². The number of hydrogen-bond acceptors (Lipinski definition) is 3. The molecule has 0 spiro atoms. The van der Waals surface area contributed by atoms with Crippen LogP contribution < -0.4 is 5.56 Å². The van der Waals surface area contributed by atoms with Crippen molar-refractivity contribution in [1.29, 1.82) is 5.26 Å². The lowest BCUT2D eigenvalue weighted by Gasteiger charge is -2.02. The first-order valence-electron chi connectivity index (χ1n) is 8.10. The molecule has 7 heteroatoms. The number of terminal acetylenes is 1. The second-order valence-electron chi connectivity index (χ2n) is 5.96. The van der Waals surface area contributed by atoms with Crippen molar-refractivity contribution in [1.82, 2.24) is 14.6 Å². The summed E-state index contributed by atoms with van der Waals surface area (Å²) in [7, 11) is 0. The molecule has 0 bridgehead atoms. The fourth-order valence-corrected chi connectivity index (χ4v) is 3.45. The van der Waals surface area contributed by atoms with E-state index in [1.54, 1.807) is 42.5 Å². The van der Waals surface area contributed by atoms with Gasteiger partial charge in [0.2, 0.25) is 0 Å². The summed E-state index contributed by atoms with van der Waals surface area (Å²) in [6.45, 7) is 0. The summed E-state index contributed by atoms with van der Waals surface area (Å²) in [5.41, 5.74) is 2.80. The summed E-state index contributed by atoms with van der Waals surface area (Å²) in [6, 6.07) is 14.0. The average Bonchev–Trinajstić information content (AvgIpc) is 3.07. The largest absolute Gasteiger partial charge is 0.287 e. The number of hydrogen-bond donors (Lipinski definition) is 1. The Morgan fingerprint density at radius 1 is 1.11 bits per heavy atom. The Morgan fingerprint density at radius 3 is 2.50 bits per heavy atom. The lowest BCUT2D eigenvalue weighted by atomic mass is 10.1. The number of H-pyrrole nitrogens is 1. The summed E-state index contributed by atoms with van der Waals surface area (Å²) < 4.78 is 1.24. The number of nitrogens with one attached hydrogen (secondary N) is 1. The third-order valence-corrected chi connectivity index (χ3v) is 4.88. The molecule has 134 valence electrons. The van der Waals surface area contributed by atoms with E-state index in [0.717, 1.165) is 0 Å². The van der Waals surface area contributed by atoms with E-state index in [0.29, 0.717) is 38.0 Å². The Labute approximate surface area is 169 Å². The van der Waals surface area contributed by atoms with Crippen molar-refractivity contribution >= 4 is 28.8 Å². The second kappa shape index (κ2) is 6.90. The van der Waals surface area contributed by atoms with Crippen molar-refractivity contribution in [2.75, 3.05) is 0 Å². The normalized spacial score (nSPS) is 10.6. The van der Waals surface area contributed by atoms with Crippen molar-refractivity contribution in [3.05, 3.63) is 80.2 Å². The molecule has 1 N–H and O–H groups in total. The number of aromatic amines is 1. The van der Waals surface area contributed by atoms with Gasteiger partial charge in [0, 0.05) is 22.3 Å². The Morgan fingerprint density at radius 2 is 1.86 bits per heavy atom. The van der Waals surface area contributed by atoms with Crippen LogP contribution in [-0.4, -0.2) is 14.6 Å². The van der Waals surface area contributed by atoms with Gasteiger partial charge in [0.05, 0.1) is 16.3 Å². The fourth-order valence-electron chi connectivity index (χ4n) is 2.95. The van der Waals surface area contributed by atoms with Crippen molar-refractivity contribution in [3.8, 4) is 40.8 Å². The molecular weight excluding hydrogens is 395 g/mol. The molecule has 0 unspecified atom stereocenters.